The van der Waals surface area contributed by atoms with Gasteiger partial charge in [-0.05, 0) is 25.4 Å². The molecule has 0 heterocycles. The van der Waals surface area contributed by atoms with Crippen LogP contribution >= 0.6 is 11.8 Å². The van der Waals surface area contributed by atoms with Gasteiger partial charge >= 0.3 is 12.0 Å². The Kier molecular flexibility index (Phi) is 8.78. The number of urea groups is 1. The van der Waals surface area contributed by atoms with Crippen LogP contribution in [0, 0.1) is 0 Å². The summed E-state index contributed by atoms with van der Waals surface area (Å²) in [5, 5.41) is 11.5. The molecular weight excluding hydrogens is 282 g/mol. The fourth-order valence-corrected chi connectivity index (χ4v) is 1.84. The van der Waals surface area contributed by atoms with Crippen LogP contribution < -0.4 is 5.32 Å². The fraction of sp³-hybridized carbons (Fsp3) is 0.750. The van der Waals surface area contributed by atoms with Crippen LogP contribution in [-0.2, 0) is 9.59 Å². The van der Waals surface area contributed by atoms with E-state index in [-0.39, 0.29) is 12.5 Å². The molecule has 2 N–H and O–H groups in total. The molecule has 1 atom stereocenters. The summed E-state index contributed by atoms with van der Waals surface area (Å²) >= 11 is 1.51. The summed E-state index contributed by atoms with van der Waals surface area (Å²) in [6, 6.07) is -1.46. The lowest BCUT2D eigenvalue weighted by Gasteiger charge is -2.24. The van der Waals surface area contributed by atoms with Gasteiger partial charge in [0.25, 0.3) is 0 Å². The standard InChI is InChI=1S/C12H23N3O4S/c1-5-15(8-10(16)14(2)3)12(19)13-9(11(17)18)6-7-20-4/h9H,5-8H2,1-4H3,(H,13,19)(H,17,18)/t9-/m1/s1. The fourth-order valence-electron chi connectivity index (χ4n) is 1.37. The Morgan fingerprint density at radius 1 is 1.30 bits per heavy atom. The predicted octanol–water partition coefficient (Wildman–Crippen LogP) is 0.312. The van der Waals surface area contributed by atoms with E-state index in [1.54, 1.807) is 21.0 Å². The highest BCUT2D eigenvalue weighted by Crippen LogP contribution is 2.02. The lowest BCUT2D eigenvalue weighted by molar-refractivity contribution is -0.139. The number of rotatable bonds is 8. The van der Waals surface area contributed by atoms with E-state index in [1.807, 2.05) is 6.26 Å². The number of carboxylic acid groups (broad SMARTS) is 1. The summed E-state index contributed by atoms with van der Waals surface area (Å²) in [7, 11) is 3.21. The second-order valence-electron chi connectivity index (χ2n) is 4.42. The molecule has 0 radical (unpaired) electrons. The minimum absolute atomic E-state index is 0.0653. The number of amides is 3. The van der Waals surface area contributed by atoms with Gasteiger partial charge in [0.05, 0.1) is 0 Å². The van der Waals surface area contributed by atoms with Gasteiger partial charge in [0.2, 0.25) is 5.91 Å². The number of aliphatic carboxylic acids is 1. The van der Waals surface area contributed by atoms with E-state index < -0.39 is 18.0 Å². The van der Waals surface area contributed by atoms with Crippen LogP contribution in [0.2, 0.25) is 0 Å². The highest BCUT2D eigenvalue weighted by Gasteiger charge is 2.23. The van der Waals surface area contributed by atoms with Gasteiger partial charge in [0.15, 0.2) is 0 Å². The molecule has 0 aromatic rings. The monoisotopic (exact) mass is 305 g/mol. The maximum atomic E-state index is 12.0. The summed E-state index contributed by atoms with van der Waals surface area (Å²) in [4.78, 5) is 37.3. The SMILES string of the molecule is CCN(CC(=O)N(C)C)C(=O)N[C@H](CCSC)C(=O)O. The van der Waals surface area contributed by atoms with Crippen molar-refractivity contribution in [3.8, 4) is 0 Å². The van der Waals surface area contributed by atoms with Crippen molar-refractivity contribution in [2.75, 3.05) is 39.2 Å². The Morgan fingerprint density at radius 3 is 2.30 bits per heavy atom. The highest BCUT2D eigenvalue weighted by molar-refractivity contribution is 7.98. The van der Waals surface area contributed by atoms with Gasteiger partial charge in [-0.15, -0.1) is 0 Å². The third-order valence-corrected chi connectivity index (χ3v) is 3.34. The van der Waals surface area contributed by atoms with Crippen molar-refractivity contribution < 1.29 is 19.5 Å². The van der Waals surface area contributed by atoms with Gasteiger partial charge in [-0.2, -0.15) is 11.8 Å². The summed E-state index contributed by atoms with van der Waals surface area (Å²) < 4.78 is 0. The van der Waals surface area contributed by atoms with E-state index in [1.165, 1.54) is 21.6 Å². The first-order valence-electron chi connectivity index (χ1n) is 6.30. The number of nitrogens with zero attached hydrogens (tertiary/aromatic N) is 2. The topological polar surface area (TPSA) is 90.0 Å². The average Bonchev–Trinajstić information content (AvgIpc) is 2.39. The lowest BCUT2D eigenvalue weighted by atomic mass is 10.2. The molecule has 0 aliphatic carbocycles. The van der Waals surface area contributed by atoms with Gasteiger partial charge in [-0.25, -0.2) is 9.59 Å². The summed E-state index contributed by atoms with van der Waals surface area (Å²) in [6.45, 7) is 2.00. The number of hydrogen-bond donors (Lipinski definition) is 2. The Balaban J connectivity index is 4.58. The number of hydrogen-bond acceptors (Lipinski definition) is 4. The normalized spacial score (nSPS) is 11.6. The molecule has 0 aliphatic rings. The molecule has 8 heteroatoms. The predicted molar refractivity (Wildman–Crippen MR) is 78.9 cm³/mol. The molecule has 0 saturated heterocycles. The molecule has 0 unspecified atom stereocenters. The van der Waals surface area contributed by atoms with Crippen molar-refractivity contribution in [3.05, 3.63) is 0 Å². The van der Waals surface area contributed by atoms with Gasteiger partial charge in [0, 0.05) is 20.6 Å². The Morgan fingerprint density at radius 2 is 1.90 bits per heavy atom. The molecule has 116 valence electrons. The number of carbonyl (C=O) groups is 3. The maximum absolute atomic E-state index is 12.0. The van der Waals surface area contributed by atoms with Gasteiger partial charge < -0.3 is 20.2 Å². The van der Waals surface area contributed by atoms with Gasteiger partial charge in [-0.1, -0.05) is 0 Å². The van der Waals surface area contributed by atoms with Crippen molar-refractivity contribution in [1.82, 2.24) is 15.1 Å². The van der Waals surface area contributed by atoms with E-state index >= 15 is 0 Å². The molecule has 0 rings (SSSR count). The second-order valence-corrected chi connectivity index (χ2v) is 5.41. The zero-order valence-corrected chi connectivity index (χ0v) is 13.2. The minimum atomic E-state index is -1.07. The molecule has 0 aromatic heterocycles. The van der Waals surface area contributed by atoms with Crippen LogP contribution in [-0.4, -0.2) is 78.0 Å². The van der Waals surface area contributed by atoms with Crippen LogP contribution in [0.15, 0.2) is 0 Å². The Bertz CT molecular complexity index is 350. The third-order valence-electron chi connectivity index (χ3n) is 2.70. The van der Waals surface area contributed by atoms with Gasteiger partial charge in [-0.3, -0.25) is 4.79 Å². The summed E-state index contributed by atoms with van der Waals surface area (Å²) in [5.74, 6) is -0.639. The molecule has 7 nitrogen and oxygen atoms in total. The molecule has 0 bridgehead atoms. The largest absolute Gasteiger partial charge is 0.480 e. The number of likely N-dealkylation sites (N-methyl/N-ethyl adjacent to an activating group) is 2. The number of carboxylic acids is 1. The average molecular weight is 305 g/mol. The van der Waals surface area contributed by atoms with Crippen molar-refractivity contribution >= 4 is 29.7 Å². The smallest absolute Gasteiger partial charge is 0.326 e. The highest BCUT2D eigenvalue weighted by atomic mass is 32.2. The first-order chi connectivity index (χ1) is 9.33. The first kappa shape index (κ1) is 18.6. The summed E-state index contributed by atoms with van der Waals surface area (Å²) in [6.07, 6.45) is 2.22. The lowest BCUT2D eigenvalue weighted by Crippen LogP contribution is -2.50. The van der Waals surface area contributed by atoms with Crippen molar-refractivity contribution in [2.45, 2.75) is 19.4 Å². The zero-order valence-electron chi connectivity index (χ0n) is 12.4. The maximum Gasteiger partial charge on any atom is 0.326 e. The minimum Gasteiger partial charge on any atom is -0.480 e. The Labute approximate surface area is 123 Å². The number of nitrogens with one attached hydrogen (secondary N) is 1. The number of thioether (sulfide) groups is 1. The van der Waals surface area contributed by atoms with E-state index in [0.717, 1.165) is 0 Å². The van der Waals surface area contributed by atoms with Crippen LogP contribution in [0.3, 0.4) is 0 Å². The van der Waals surface area contributed by atoms with E-state index in [2.05, 4.69) is 5.32 Å². The Hall–Kier alpha value is -1.44. The first-order valence-corrected chi connectivity index (χ1v) is 7.70. The quantitative estimate of drug-likeness (QED) is 0.674. The van der Waals surface area contributed by atoms with E-state index in [0.29, 0.717) is 18.7 Å². The molecule has 0 saturated carbocycles. The molecule has 0 fully saturated rings. The molecular formula is C12H23N3O4S. The van der Waals surface area contributed by atoms with Crippen molar-refractivity contribution in [1.29, 1.82) is 0 Å². The summed E-state index contributed by atoms with van der Waals surface area (Å²) in [5.41, 5.74) is 0. The van der Waals surface area contributed by atoms with Crippen LogP contribution in [0.4, 0.5) is 4.79 Å². The molecule has 3 amide bonds. The van der Waals surface area contributed by atoms with E-state index in [9.17, 15) is 14.4 Å². The van der Waals surface area contributed by atoms with Crippen LogP contribution in [0.5, 0.6) is 0 Å². The molecule has 20 heavy (non-hydrogen) atoms. The molecule has 0 aromatic carbocycles. The number of carbonyl (C=O) groups excluding carboxylic acids is 2. The van der Waals surface area contributed by atoms with Crippen LogP contribution in [0.1, 0.15) is 13.3 Å². The molecule has 0 aliphatic heterocycles. The third kappa shape index (κ3) is 6.65. The van der Waals surface area contributed by atoms with Crippen LogP contribution in [0.25, 0.3) is 0 Å². The van der Waals surface area contributed by atoms with E-state index in [4.69, 9.17) is 5.11 Å². The van der Waals surface area contributed by atoms with Crippen molar-refractivity contribution in [3.63, 3.8) is 0 Å². The second kappa shape index (κ2) is 9.46. The zero-order chi connectivity index (χ0) is 15.7. The molecule has 0 spiro atoms. The van der Waals surface area contributed by atoms with Crippen molar-refractivity contribution in [2.24, 2.45) is 0 Å². The van der Waals surface area contributed by atoms with Gasteiger partial charge in [0.1, 0.15) is 12.6 Å².